The number of hydrogen-bond donors (Lipinski definition) is 0. The lowest BCUT2D eigenvalue weighted by Crippen LogP contribution is -2.06. The summed E-state index contributed by atoms with van der Waals surface area (Å²) in [6.07, 6.45) is 7.10. The van der Waals surface area contributed by atoms with Gasteiger partial charge in [-0.05, 0) is 19.8 Å². The zero-order chi connectivity index (χ0) is 5.82. The van der Waals surface area contributed by atoms with Gasteiger partial charge in [-0.3, -0.25) is 0 Å². The Hall–Kier alpha value is -0.300. The fourth-order valence-electron chi connectivity index (χ4n) is 0.964. The maximum absolute atomic E-state index is 5.34. The van der Waals surface area contributed by atoms with Crippen molar-refractivity contribution in [2.75, 3.05) is 6.61 Å². The van der Waals surface area contributed by atoms with Crippen LogP contribution in [0.1, 0.15) is 19.8 Å². The highest BCUT2D eigenvalue weighted by atomic mass is 16.5. The normalized spacial score (nSPS) is 20.1. The van der Waals surface area contributed by atoms with Crippen LogP contribution in [0.3, 0.4) is 0 Å². The van der Waals surface area contributed by atoms with E-state index in [9.17, 15) is 0 Å². The zero-order valence-electron chi connectivity index (χ0n) is 5.26. The van der Waals surface area contributed by atoms with E-state index in [1.807, 2.05) is 6.92 Å². The molecule has 0 saturated carbocycles. The van der Waals surface area contributed by atoms with Crippen LogP contribution in [0.5, 0.6) is 0 Å². The molecule has 0 radical (unpaired) electrons. The summed E-state index contributed by atoms with van der Waals surface area (Å²) in [5.74, 6) is 0. The summed E-state index contributed by atoms with van der Waals surface area (Å²) in [6, 6.07) is 0. The molecule has 46 valence electrons. The van der Waals surface area contributed by atoms with Crippen LogP contribution in [-0.2, 0) is 4.74 Å². The molecule has 8 heavy (non-hydrogen) atoms. The minimum Gasteiger partial charge on any atom is -0.378 e. The van der Waals surface area contributed by atoms with Gasteiger partial charge in [0.25, 0.3) is 0 Å². The lowest BCUT2D eigenvalue weighted by Gasteiger charge is -2.06. The molecule has 0 amide bonds. The highest BCUT2D eigenvalue weighted by Gasteiger charge is 2.07. The SMILES string of the molecule is CCOC1CC=CC1. The summed E-state index contributed by atoms with van der Waals surface area (Å²) in [7, 11) is 0. The average Bonchev–Trinajstić information content (AvgIpc) is 2.19. The van der Waals surface area contributed by atoms with E-state index < -0.39 is 0 Å². The van der Waals surface area contributed by atoms with E-state index in [1.54, 1.807) is 0 Å². The first-order valence-corrected chi connectivity index (χ1v) is 3.20. The van der Waals surface area contributed by atoms with Crippen LogP contribution in [0.2, 0.25) is 0 Å². The van der Waals surface area contributed by atoms with Crippen molar-refractivity contribution in [2.45, 2.75) is 25.9 Å². The molecule has 0 aromatic rings. The van der Waals surface area contributed by atoms with Crippen molar-refractivity contribution < 1.29 is 4.74 Å². The molecule has 0 aromatic carbocycles. The summed E-state index contributed by atoms with van der Waals surface area (Å²) < 4.78 is 5.34. The first-order valence-electron chi connectivity index (χ1n) is 3.20. The van der Waals surface area contributed by atoms with Gasteiger partial charge < -0.3 is 4.74 Å². The van der Waals surface area contributed by atoms with Crippen molar-refractivity contribution in [3.8, 4) is 0 Å². The van der Waals surface area contributed by atoms with Gasteiger partial charge in [0, 0.05) is 6.61 Å². The van der Waals surface area contributed by atoms with Gasteiger partial charge in [-0.2, -0.15) is 0 Å². The van der Waals surface area contributed by atoms with Gasteiger partial charge in [0.15, 0.2) is 0 Å². The standard InChI is InChI=1S/C7H12O/c1-2-8-7-5-3-4-6-7/h3-4,7H,2,5-6H2,1H3. The van der Waals surface area contributed by atoms with Crippen molar-refractivity contribution in [1.29, 1.82) is 0 Å². The lowest BCUT2D eigenvalue weighted by molar-refractivity contribution is 0.0726. The van der Waals surface area contributed by atoms with Crippen LogP contribution >= 0.6 is 0 Å². The Morgan fingerprint density at radius 3 is 2.62 bits per heavy atom. The van der Waals surface area contributed by atoms with Crippen molar-refractivity contribution in [2.24, 2.45) is 0 Å². The molecule has 0 bridgehead atoms. The molecule has 1 rings (SSSR count). The Balaban J connectivity index is 2.10. The van der Waals surface area contributed by atoms with E-state index in [-0.39, 0.29) is 0 Å². The second-order valence-corrected chi connectivity index (χ2v) is 2.02. The van der Waals surface area contributed by atoms with Crippen molar-refractivity contribution in [1.82, 2.24) is 0 Å². The summed E-state index contributed by atoms with van der Waals surface area (Å²) in [5, 5.41) is 0. The molecular formula is C7H12O. The van der Waals surface area contributed by atoms with E-state index in [1.165, 1.54) is 0 Å². The largest absolute Gasteiger partial charge is 0.378 e. The Bertz CT molecular complexity index is 78.4. The predicted octanol–water partition coefficient (Wildman–Crippen LogP) is 1.74. The quantitative estimate of drug-likeness (QED) is 0.494. The van der Waals surface area contributed by atoms with Crippen LogP contribution in [-0.4, -0.2) is 12.7 Å². The molecule has 0 fully saturated rings. The highest BCUT2D eigenvalue weighted by Crippen LogP contribution is 2.12. The first kappa shape index (κ1) is 5.83. The summed E-state index contributed by atoms with van der Waals surface area (Å²) in [4.78, 5) is 0. The molecule has 1 aliphatic carbocycles. The Morgan fingerprint density at radius 1 is 1.50 bits per heavy atom. The third-order valence-electron chi connectivity index (χ3n) is 1.37. The van der Waals surface area contributed by atoms with Gasteiger partial charge >= 0.3 is 0 Å². The number of rotatable bonds is 2. The van der Waals surface area contributed by atoms with Crippen LogP contribution in [0.15, 0.2) is 12.2 Å². The van der Waals surface area contributed by atoms with Crippen LogP contribution in [0, 0.1) is 0 Å². The van der Waals surface area contributed by atoms with Crippen molar-refractivity contribution >= 4 is 0 Å². The van der Waals surface area contributed by atoms with Gasteiger partial charge in [-0.25, -0.2) is 0 Å². The molecule has 0 aromatic heterocycles. The maximum atomic E-state index is 5.34. The van der Waals surface area contributed by atoms with Crippen LogP contribution in [0.4, 0.5) is 0 Å². The van der Waals surface area contributed by atoms with Crippen molar-refractivity contribution in [3.63, 3.8) is 0 Å². The minimum atomic E-state index is 0.500. The summed E-state index contributed by atoms with van der Waals surface area (Å²) in [5.41, 5.74) is 0. The minimum absolute atomic E-state index is 0.500. The molecule has 0 heterocycles. The molecular weight excluding hydrogens is 100 g/mol. The second-order valence-electron chi connectivity index (χ2n) is 2.02. The highest BCUT2D eigenvalue weighted by molar-refractivity contribution is 4.94. The van der Waals surface area contributed by atoms with E-state index in [0.717, 1.165) is 19.4 Å². The van der Waals surface area contributed by atoms with Gasteiger partial charge in [0.2, 0.25) is 0 Å². The average molecular weight is 112 g/mol. The molecule has 0 aliphatic heterocycles. The molecule has 0 atom stereocenters. The molecule has 0 unspecified atom stereocenters. The molecule has 0 spiro atoms. The van der Waals surface area contributed by atoms with E-state index in [2.05, 4.69) is 12.2 Å². The lowest BCUT2D eigenvalue weighted by atomic mass is 10.3. The van der Waals surface area contributed by atoms with Crippen molar-refractivity contribution in [3.05, 3.63) is 12.2 Å². The molecule has 1 aliphatic rings. The third-order valence-corrected chi connectivity index (χ3v) is 1.37. The van der Waals surface area contributed by atoms with E-state index in [4.69, 9.17) is 4.74 Å². The number of hydrogen-bond acceptors (Lipinski definition) is 1. The molecule has 0 N–H and O–H groups in total. The monoisotopic (exact) mass is 112 g/mol. The van der Waals surface area contributed by atoms with Gasteiger partial charge in [0.1, 0.15) is 0 Å². The zero-order valence-corrected chi connectivity index (χ0v) is 5.26. The summed E-state index contributed by atoms with van der Waals surface area (Å²) in [6.45, 7) is 2.89. The number of ether oxygens (including phenoxy) is 1. The Kier molecular flexibility index (Phi) is 2.10. The predicted molar refractivity (Wildman–Crippen MR) is 33.8 cm³/mol. The summed E-state index contributed by atoms with van der Waals surface area (Å²) >= 11 is 0. The van der Waals surface area contributed by atoms with E-state index >= 15 is 0 Å². The van der Waals surface area contributed by atoms with Gasteiger partial charge in [-0.15, -0.1) is 0 Å². The maximum Gasteiger partial charge on any atom is 0.0643 e. The van der Waals surface area contributed by atoms with Crippen LogP contribution < -0.4 is 0 Å². The Morgan fingerprint density at radius 2 is 2.12 bits per heavy atom. The molecule has 0 saturated heterocycles. The fraction of sp³-hybridized carbons (Fsp3) is 0.714. The van der Waals surface area contributed by atoms with Gasteiger partial charge in [-0.1, -0.05) is 12.2 Å². The Labute approximate surface area is 50.3 Å². The first-order chi connectivity index (χ1) is 3.93. The topological polar surface area (TPSA) is 9.23 Å². The van der Waals surface area contributed by atoms with Gasteiger partial charge in [0.05, 0.1) is 6.10 Å². The molecule has 1 nitrogen and oxygen atoms in total. The third kappa shape index (κ3) is 1.34. The molecule has 1 heteroatoms. The van der Waals surface area contributed by atoms with E-state index in [0.29, 0.717) is 6.10 Å². The smallest absolute Gasteiger partial charge is 0.0643 e. The second kappa shape index (κ2) is 2.88. The fourth-order valence-corrected chi connectivity index (χ4v) is 0.964. The van der Waals surface area contributed by atoms with Crippen LogP contribution in [0.25, 0.3) is 0 Å².